The van der Waals surface area contributed by atoms with Gasteiger partial charge in [0.1, 0.15) is 0 Å². The Morgan fingerprint density at radius 1 is 0.935 bits per heavy atom. The minimum Gasteiger partial charge on any atom is -0.276 e. The lowest BCUT2D eigenvalue weighted by Gasteiger charge is -2.21. The number of nitro groups is 1. The van der Waals surface area contributed by atoms with E-state index in [9.17, 15) is 14.9 Å². The molecule has 0 atom stereocenters. The van der Waals surface area contributed by atoms with Crippen LogP contribution in [0.4, 0.5) is 11.4 Å². The third-order valence-electron chi connectivity index (χ3n) is 4.92. The van der Waals surface area contributed by atoms with Gasteiger partial charge in [0, 0.05) is 17.7 Å². The summed E-state index contributed by atoms with van der Waals surface area (Å²) in [4.78, 5) is 25.4. The van der Waals surface area contributed by atoms with Crippen molar-refractivity contribution >= 4 is 52.3 Å². The van der Waals surface area contributed by atoms with Gasteiger partial charge in [0.2, 0.25) is 0 Å². The number of nitrogens with zero attached hydrogens (tertiary/aromatic N) is 2. The summed E-state index contributed by atoms with van der Waals surface area (Å²) in [6.07, 6.45) is 3.51. The van der Waals surface area contributed by atoms with Gasteiger partial charge >= 0.3 is 0 Å². The van der Waals surface area contributed by atoms with Crippen molar-refractivity contribution < 1.29 is 9.72 Å². The number of amides is 1. The smallest absolute Gasteiger partial charge is 0.269 e. The van der Waals surface area contributed by atoms with Crippen molar-refractivity contribution in [1.82, 2.24) is 0 Å². The maximum atomic E-state index is 13.4. The Morgan fingerprint density at radius 3 is 2.23 bits per heavy atom. The number of aryl methyl sites for hydroxylation is 1. The average Bonchev–Trinajstić information content (AvgIpc) is 3.07. The first-order valence-corrected chi connectivity index (χ1v) is 10.1. The number of nitro benzene ring substituents is 1. The predicted octanol–water partition coefficient (Wildman–Crippen LogP) is 6.68. The number of anilines is 1. The number of halogens is 2. The molecule has 0 aromatic heterocycles. The highest BCUT2D eigenvalue weighted by Crippen LogP contribution is 2.37. The molecule has 5 nitrogen and oxygen atoms in total. The van der Waals surface area contributed by atoms with Gasteiger partial charge in [0.15, 0.2) is 0 Å². The molecule has 154 valence electrons. The van der Waals surface area contributed by atoms with Crippen molar-refractivity contribution in [3.8, 4) is 0 Å². The Bertz CT molecular complexity index is 1250. The van der Waals surface area contributed by atoms with E-state index in [1.54, 1.807) is 47.4 Å². The van der Waals surface area contributed by atoms with Gasteiger partial charge < -0.3 is 0 Å². The second-order valence-electron chi connectivity index (χ2n) is 7.08. The quantitative estimate of drug-likeness (QED) is 0.253. The van der Waals surface area contributed by atoms with E-state index in [0.29, 0.717) is 32.6 Å². The van der Waals surface area contributed by atoms with Gasteiger partial charge in [-0.3, -0.25) is 19.8 Å². The van der Waals surface area contributed by atoms with Gasteiger partial charge in [0.25, 0.3) is 11.6 Å². The number of hydrogen-bond donors (Lipinski definition) is 0. The van der Waals surface area contributed by atoms with Gasteiger partial charge in [-0.1, -0.05) is 53.0 Å². The Morgan fingerprint density at radius 2 is 1.61 bits per heavy atom. The second-order valence-corrected chi connectivity index (χ2v) is 7.90. The van der Waals surface area contributed by atoms with Crippen molar-refractivity contribution in [2.75, 3.05) is 4.90 Å². The molecule has 0 saturated heterocycles. The molecule has 4 rings (SSSR count). The van der Waals surface area contributed by atoms with E-state index in [1.807, 2.05) is 31.2 Å². The third kappa shape index (κ3) is 4.24. The highest BCUT2D eigenvalue weighted by atomic mass is 35.5. The fourth-order valence-electron chi connectivity index (χ4n) is 3.30. The van der Waals surface area contributed by atoms with Crippen LogP contribution in [0.25, 0.3) is 11.8 Å². The van der Waals surface area contributed by atoms with E-state index >= 15 is 0 Å². The molecule has 1 aliphatic rings. The Labute approximate surface area is 189 Å². The third-order valence-corrected chi connectivity index (χ3v) is 5.66. The van der Waals surface area contributed by atoms with Crippen LogP contribution in [-0.2, 0) is 4.79 Å². The summed E-state index contributed by atoms with van der Waals surface area (Å²) in [5, 5.41) is 11.6. The van der Waals surface area contributed by atoms with Crippen LogP contribution in [0.3, 0.4) is 0 Å². The number of hydrogen-bond acceptors (Lipinski definition) is 3. The summed E-state index contributed by atoms with van der Waals surface area (Å²) < 4.78 is 0. The van der Waals surface area contributed by atoms with Crippen molar-refractivity contribution in [3.05, 3.63) is 115 Å². The molecule has 0 unspecified atom stereocenters. The number of rotatable bonds is 4. The molecule has 31 heavy (non-hydrogen) atoms. The molecule has 0 fully saturated rings. The number of benzene rings is 3. The molecule has 1 heterocycles. The Kier molecular flexibility index (Phi) is 5.63. The first-order chi connectivity index (χ1) is 14.8. The van der Waals surface area contributed by atoms with Crippen LogP contribution in [0.5, 0.6) is 0 Å². The molecule has 0 radical (unpaired) electrons. The molecule has 3 aromatic carbocycles. The lowest BCUT2D eigenvalue weighted by atomic mass is 10.1. The predicted molar refractivity (Wildman–Crippen MR) is 124 cm³/mol. The second kappa shape index (κ2) is 8.38. The largest absolute Gasteiger partial charge is 0.276 e. The molecule has 0 spiro atoms. The minimum absolute atomic E-state index is 0.00628. The molecule has 7 heteroatoms. The molecule has 0 saturated carbocycles. The van der Waals surface area contributed by atoms with Gasteiger partial charge in [-0.15, -0.1) is 0 Å². The van der Waals surface area contributed by atoms with E-state index in [1.165, 1.54) is 12.1 Å². The molecule has 0 bridgehead atoms. The van der Waals surface area contributed by atoms with E-state index in [2.05, 4.69) is 0 Å². The fourth-order valence-corrected chi connectivity index (χ4v) is 3.60. The molecule has 1 amide bonds. The van der Waals surface area contributed by atoms with Gasteiger partial charge in [0.05, 0.1) is 26.4 Å². The summed E-state index contributed by atoms with van der Waals surface area (Å²) in [5.41, 5.74) is 4.41. The lowest BCUT2D eigenvalue weighted by molar-refractivity contribution is -0.384. The zero-order valence-electron chi connectivity index (χ0n) is 16.4. The van der Waals surface area contributed by atoms with E-state index in [4.69, 9.17) is 23.2 Å². The van der Waals surface area contributed by atoms with E-state index in [-0.39, 0.29) is 11.6 Å². The first-order valence-electron chi connectivity index (χ1n) is 9.38. The summed E-state index contributed by atoms with van der Waals surface area (Å²) >= 11 is 12.3. The van der Waals surface area contributed by atoms with E-state index in [0.717, 1.165) is 11.1 Å². The summed E-state index contributed by atoms with van der Waals surface area (Å²) in [6.45, 7) is 1.99. The maximum Gasteiger partial charge on any atom is 0.269 e. The zero-order valence-corrected chi connectivity index (χ0v) is 17.9. The highest BCUT2D eigenvalue weighted by molar-refractivity contribution is 6.42. The van der Waals surface area contributed by atoms with Gasteiger partial charge in [-0.05, 0) is 60.5 Å². The SMILES string of the molecule is Cc1ccc(C2=C/C(=C\c3ccc([N+](=O)[O-])cc3)C(=O)N2c2ccc(Cl)c(Cl)c2)cc1. The van der Waals surface area contributed by atoms with Gasteiger partial charge in [-0.25, -0.2) is 0 Å². The van der Waals surface area contributed by atoms with Crippen molar-refractivity contribution in [1.29, 1.82) is 0 Å². The minimum atomic E-state index is -0.459. The summed E-state index contributed by atoms with van der Waals surface area (Å²) in [5.74, 6) is -0.229. The molecular weight excluding hydrogens is 435 g/mol. The lowest BCUT2D eigenvalue weighted by Crippen LogP contribution is -2.24. The van der Waals surface area contributed by atoms with Crippen molar-refractivity contribution in [3.63, 3.8) is 0 Å². The van der Waals surface area contributed by atoms with Crippen LogP contribution in [0.2, 0.25) is 10.0 Å². The van der Waals surface area contributed by atoms with Crippen LogP contribution < -0.4 is 4.90 Å². The average molecular weight is 451 g/mol. The standard InChI is InChI=1S/C24H16Cl2N2O3/c1-15-2-6-17(7-3-15)23-13-18(12-16-4-8-19(9-5-16)28(30)31)24(29)27(23)20-10-11-21(25)22(26)14-20/h2-14H,1H3/b18-12+. The van der Waals surface area contributed by atoms with Crippen LogP contribution in [0, 0.1) is 17.0 Å². The van der Waals surface area contributed by atoms with Crippen molar-refractivity contribution in [2.45, 2.75) is 6.92 Å². The monoisotopic (exact) mass is 450 g/mol. The Hall–Kier alpha value is -3.41. The molecule has 1 aliphatic heterocycles. The molecule has 0 aliphatic carbocycles. The number of non-ortho nitro benzene ring substituents is 1. The highest BCUT2D eigenvalue weighted by Gasteiger charge is 2.30. The summed E-state index contributed by atoms with van der Waals surface area (Å²) in [7, 11) is 0. The van der Waals surface area contributed by atoms with Crippen molar-refractivity contribution in [2.24, 2.45) is 0 Å². The molecule has 0 N–H and O–H groups in total. The number of carbonyl (C=O) groups is 1. The molecular formula is C24H16Cl2N2O3. The summed E-state index contributed by atoms with van der Waals surface area (Å²) in [6, 6.07) is 18.9. The zero-order chi connectivity index (χ0) is 22.1. The Balaban J connectivity index is 1.80. The van der Waals surface area contributed by atoms with Gasteiger partial charge in [-0.2, -0.15) is 0 Å². The fraction of sp³-hybridized carbons (Fsp3) is 0.0417. The topological polar surface area (TPSA) is 63.5 Å². The van der Waals surface area contributed by atoms with Crippen LogP contribution in [-0.4, -0.2) is 10.8 Å². The van der Waals surface area contributed by atoms with Crippen LogP contribution in [0.1, 0.15) is 16.7 Å². The normalized spacial score (nSPS) is 14.8. The van der Waals surface area contributed by atoms with Crippen LogP contribution >= 0.6 is 23.2 Å². The van der Waals surface area contributed by atoms with E-state index < -0.39 is 4.92 Å². The van der Waals surface area contributed by atoms with Crippen LogP contribution in [0.15, 0.2) is 78.4 Å². The number of carbonyl (C=O) groups excluding carboxylic acids is 1. The first kappa shape index (κ1) is 20.8. The maximum absolute atomic E-state index is 13.4. The molecule has 3 aromatic rings.